The lowest BCUT2D eigenvalue weighted by molar-refractivity contribution is 0.792. The molecule has 19 rings (SSSR count). The molecule has 141 heavy (non-hydrogen) atoms. The fraction of sp³-hybridized carbons (Fsp3) is 0.188. The van der Waals surface area contributed by atoms with Crippen molar-refractivity contribution in [2.45, 2.75) is 169 Å². The highest BCUT2D eigenvalue weighted by molar-refractivity contribution is 5.89. The average Bonchev–Trinajstić information content (AvgIpc) is 0.788. The molecule has 0 radical (unpaired) electrons. The molecule has 0 heterocycles. The van der Waals surface area contributed by atoms with E-state index in [1.54, 1.807) is 0 Å². The second kappa shape index (κ2) is 46.1. The van der Waals surface area contributed by atoms with Crippen LogP contribution in [0.3, 0.4) is 0 Å². The summed E-state index contributed by atoms with van der Waals surface area (Å²) in [6.07, 6.45) is 29.2. The van der Waals surface area contributed by atoms with Crippen LogP contribution in [0, 0.1) is 0 Å². The maximum atomic E-state index is 2.44. The fourth-order valence-corrected chi connectivity index (χ4v) is 20.1. The zero-order chi connectivity index (χ0) is 96.0. The molecule has 0 saturated carbocycles. The molecular weight excluding hydrogens is 1700 g/mol. The zero-order valence-electron chi connectivity index (χ0n) is 83.1. The lowest BCUT2D eigenvalue weighted by atomic mass is 9.90. The second-order valence-corrected chi connectivity index (χ2v) is 38.6. The highest BCUT2D eigenvalue weighted by atomic mass is 15.2. The Labute approximate surface area is 839 Å². The minimum atomic E-state index is 0.310. The Morgan fingerprint density at radius 1 is 0.177 bits per heavy atom. The third kappa shape index (κ3) is 23.2. The normalized spacial score (nSPS) is 12.3. The van der Waals surface area contributed by atoms with Crippen LogP contribution in [-0.2, 0) is 38.5 Å². The molecule has 0 aliphatic heterocycles. The van der Waals surface area contributed by atoms with Crippen molar-refractivity contribution in [1.82, 2.24) is 0 Å². The van der Waals surface area contributed by atoms with Crippen molar-refractivity contribution in [3.8, 4) is 122 Å². The number of aryl methyl sites for hydroxylation is 6. The van der Waals surface area contributed by atoms with Crippen LogP contribution in [0.4, 0.5) is 45.5 Å². The van der Waals surface area contributed by atoms with Gasteiger partial charge in [-0.05, 0) is 384 Å². The average molecular weight is 1830 g/mol. The molecule has 3 heteroatoms. The van der Waals surface area contributed by atoms with E-state index in [1.807, 2.05) is 0 Å². The quantitative estimate of drug-likeness (QED) is 0.0380. The summed E-state index contributed by atoms with van der Waals surface area (Å²) in [5.74, 6) is 0.310. The minimum Gasteiger partial charge on any atom is -0.311 e. The maximum Gasteiger partial charge on any atom is 0.0462 e. The predicted molar refractivity (Wildman–Crippen MR) is 607 cm³/mol. The van der Waals surface area contributed by atoms with Gasteiger partial charge < -0.3 is 14.7 Å². The number of rotatable bonds is 39. The van der Waals surface area contributed by atoms with Crippen molar-refractivity contribution in [2.24, 2.45) is 0 Å². The largest absolute Gasteiger partial charge is 0.311 e. The third-order valence-electron chi connectivity index (χ3n) is 28.6. The molecule has 1 atom stereocenters. The molecule has 0 aromatic heterocycles. The van der Waals surface area contributed by atoms with Gasteiger partial charge in [0.1, 0.15) is 0 Å². The number of hydrogen-bond donors (Lipinski definition) is 0. The summed E-state index contributed by atoms with van der Waals surface area (Å²) >= 11 is 0. The molecule has 18 aromatic carbocycles. The van der Waals surface area contributed by atoms with Gasteiger partial charge in [-0.2, -0.15) is 0 Å². The van der Waals surface area contributed by atoms with Gasteiger partial charge in [-0.15, -0.1) is 0 Å². The molecule has 18 aromatic rings. The van der Waals surface area contributed by atoms with Gasteiger partial charge in [-0.3, -0.25) is 0 Å². The van der Waals surface area contributed by atoms with Crippen molar-refractivity contribution < 1.29 is 0 Å². The number of unbranched alkanes of at least 4 members (excludes halogenated alkanes) is 6. The Morgan fingerprint density at radius 2 is 0.348 bits per heavy atom. The predicted octanol–water partition coefficient (Wildman–Crippen LogP) is 39.8. The van der Waals surface area contributed by atoms with Gasteiger partial charge in [0.2, 0.25) is 0 Å². The van der Waals surface area contributed by atoms with Gasteiger partial charge in [0.25, 0.3) is 0 Å². The van der Waals surface area contributed by atoms with E-state index in [1.165, 1.54) is 177 Å². The van der Waals surface area contributed by atoms with E-state index < -0.39 is 0 Å². The Hall–Kier alpha value is -15.2. The van der Waals surface area contributed by atoms with E-state index in [-0.39, 0.29) is 0 Å². The third-order valence-corrected chi connectivity index (χ3v) is 28.6. The van der Waals surface area contributed by atoms with Crippen LogP contribution < -0.4 is 14.7 Å². The van der Waals surface area contributed by atoms with Gasteiger partial charge in [-0.25, -0.2) is 0 Å². The van der Waals surface area contributed by atoms with Crippen LogP contribution >= 0.6 is 0 Å². The van der Waals surface area contributed by atoms with E-state index in [0.717, 1.165) is 157 Å². The van der Waals surface area contributed by atoms with Gasteiger partial charge in [0, 0.05) is 57.1 Å². The number of hydrogen-bond acceptors (Lipinski definition) is 3. The number of nitrogens with zero attached hydrogens (tertiary/aromatic N) is 3. The molecule has 1 unspecified atom stereocenters. The van der Waals surface area contributed by atoms with Crippen LogP contribution in [0.25, 0.3) is 122 Å². The van der Waals surface area contributed by atoms with E-state index in [2.05, 4.69) is 505 Å². The first-order chi connectivity index (χ1) is 69.5. The zero-order valence-corrected chi connectivity index (χ0v) is 83.1. The molecule has 0 fully saturated rings. The highest BCUT2D eigenvalue weighted by Crippen LogP contribution is 2.46. The van der Waals surface area contributed by atoms with Crippen molar-refractivity contribution in [3.63, 3.8) is 0 Å². The van der Waals surface area contributed by atoms with Crippen LogP contribution in [-0.4, -0.2) is 0 Å². The molecule has 0 spiro atoms. The van der Waals surface area contributed by atoms with Gasteiger partial charge in [-0.1, -0.05) is 389 Å². The number of benzene rings is 18. The summed E-state index contributed by atoms with van der Waals surface area (Å²) < 4.78 is 0. The molecule has 0 bridgehead atoms. The van der Waals surface area contributed by atoms with Crippen LogP contribution in [0.15, 0.2) is 455 Å². The summed E-state index contributed by atoms with van der Waals surface area (Å²) in [5.41, 5.74) is 45.6. The molecule has 3 nitrogen and oxygen atoms in total. The van der Waals surface area contributed by atoms with Crippen molar-refractivity contribution in [2.75, 3.05) is 14.7 Å². The van der Waals surface area contributed by atoms with Gasteiger partial charge in [0.15, 0.2) is 0 Å². The smallest absolute Gasteiger partial charge is 0.0462 e. The summed E-state index contributed by atoms with van der Waals surface area (Å²) in [6.45, 7) is 13.6. The summed E-state index contributed by atoms with van der Waals surface area (Å²) in [5, 5.41) is 0. The van der Waals surface area contributed by atoms with Crippen molar-refractivity contribution in [1.29, 1.82) is 0 Å². The molecule has 1 aliphatic carbocycles. The number of allylic oxidation sites excluding steroid dienone is 3. The summed E-state index contributed by atoms with van der Waals surface area (Å²) in [6, 6.07) is 163. The van der Waals surface area contributed by atoms with Crippen molar-refractivity contribution in [3.05, 3.63) is 494 Å². The molecule has 0 saturated heterocycles. The van der Waals surface area contributed by atoms with Crippen LogP contribution in [0.5, 0.6) is 0 Å². The first-order valence-electron chi connectivity index (χ1n) is 52.2. The second-order valence-electron chi connectivity index (χ2n) is 38.6. The topological polar surface area (TPSA) is 9.72 Å². The fourth-order valence-electron chi connectivity index (χ4n) is 20.1. The molecule has 0 amide bonds. The Kier molecular flexibility index (Phi) is 31.0. The van der Waals surface area contributed by atoms with E-state index in [9.17, 15) is 0 Å². The van der Waals surface area contributed by atoms with E-state index in [4.69, 9.17) is 0 Å². The van der Waals surface area contributed by atoms with Crippen molar-refractivity contribution >= 4 is 45.5 Å². The van der Waals surface area contributed by atoms with Gasteiger partial charge in [0.05, 0.1) is 0 Å². The molecule has 1 aliphatic rings. The molecule has 698 valence electrons. The Bertz CT molecular complexity index is 6690. The monoisotopic (exact) mass is 1830 g/mol. The maximum absolute atomic E-state index is 2.44. The van der Waals surface area contributed by atoms with Gasteiger partial charge >= 0.3 is 0 Å². The molecular formula is C138H131N3. The Balaban J connectivity index is 0.660. The summed E-state index contributed by atoms with van der Waals surface area (Å²) in [4.78, 5) is 7.24. The standard InChI is InChI=1S/C138H131N3/c1-7-13-22-100-34-46-106(47-35-100)112-58-76-130(77-59-112)139(131-78-60-113(61-79-131)107-48-36-101(37-49-107)23-14-8-2)136-88-70-118(71-89-136)121-28-19-31-124(94-121)127-97-128(125-32-20-29-122(95-125)119-72-90-137(91-73-119)140(132-80-62-114(63-81-132)108-50-38-102(39-51-108)24-15-9-3)133-82-64-115(65-83-133)109-52-40-103(41-53-109)25-16-10-4)99-129(98-127)126-33-21-30-123(96-126)120-74-92-138(93-75-120)141(134-84-66-116(67-85-134)110-54-42-104(43-55-110)26-17-11-5)135-86-68-117(69-87-135)111-56-44-105(45-57-111)27-18-12-6/h19-21,28-68,70-99,117H,7-18,22-27,69H2,1-6H3. The summed E-state index contributed by atoms with van der Waals surface area (Å²) in [7, 11) is 0. The van der Waals surface area contributed by atoms with E-state index >= 15 is 0 Å². The SMILES string of the molecule is CCCCc1ccc(-c2ccc(N(C3=CCC(c4ccc(CCCC)cc4)C=C3)c3ccc(-c4cccc(-c5cc(-c6cccc(-c7ccc(N(c8ccc(-c9ccc(CCCC)cc9)cc8)c8ccc(-c9ccc(CCCC)cc9)cc8)cc7)c6)cc(-c6cccc(-c7ccc(N(c8ccc(-c9ccc(CCCC)cc9)cc8)c8ccc(-c9ccc(CCCC)cc9)cc8)cc7)c6)c5)c4)cc3)cc2)cc1. The minimum absolute atomic E-state index is 0.310. The Morgan fingerprint density at radius 3 is 0.539 bits per heavy atom. The number of anilines is 8. The first-order valence-corrected chi connectivity index (χ1v) is 52.2. The first kappa shape index (κ1) is 94.8. The lowest BCUT2D eigenvalue weighted by Crippen LogP contribution is -2.17. The lowest BCUT2D eigenvalue weighted by Gasteiger charge is -2.29. The highest BCUT2D eigenvalue weighted by Gasteiger charge is 2.23. The molecule has 0 N–H and O–H groups in total. The van der Waals surface area contributed by atoms with E-state index in [0.29, 0.717) is 5.92 Å². The van der Waals surface area contributed by atoms with Crippen LogP contribution in [0.1, 0.15) is 170 Å². The van der Waals surface area contributed by atoms with Crippen LogP contribution in [0.2, 0.25) is 0 Å².